The van der Waals surface area contributed by atoms with Gasteiger partial charge in [-0.15, -0.1) is 0 Å². The summed E-state index contributed by atoms with van der Waals surface area (Å²) >= 11 is 0. The predicted octanol–water partition coefficient (Wildman–Crippen LogP) is 2.96. The van der Waals surface area contributed by atoms with Gasteiger partial charge >= 0.3 is 0 Å². The lowest BCUT2D eigenvalue weighted by Gasteiger charge is -2.05. The van der Waals surface area contributed by atoms with E-state index in [0.29, 0.717) is 11.8 Å². The van der Waals surface area contributed by atoms with Gasteiger partial charge in [-0.2, -0.15) is 0 Å². The lowest BCUT2D eigenvalue weighted by molar-refractivity contribution is 0.112. The molecule has 2 aromatic rings. The van der Waals surface area contributed by atoms with Crippen LogP contribution in [-0.2, 0) is 0 Å². The van der Waals surface area contributed by atoms with Crippen LogP contribution in [0, 0.1) is 11.6 Å². The number of rotatable bonds is 3. The molecule has 0 saturated heterocycles. The van der Waals surface area contributed by atoms with Gasteiger partial charge in [0.1, 0.15) is 5.82 Å². The maximum absolute atomic E-state index is 13.2. The van der Waals surface area contributed by atoms with Gasteiger partial charge in [0.2, 0.25) is 5.88 Å². The van der Waals surface area contributed by atoms with E-state index in [-0.39, 0.29) is 11.6 Å². The minimum atomic E-state index is -0.814. The number of hydrogen-bond acceptors (Lipinski definition) is 3. The van der Waals surface area contributed by atoms with Crippen LogP contribution in [0.25, 0.3) is 0 Å². The first-order chi connectivity index (χ1) is 8.19. The molecule has 0 amide bonds. The summed E-state index contributed by atoms with van der Waals surface area (Å²) < 4.78 is 31.0. The van der Waals surface area contributed by atoms with Crippen molar-refractivity contribution in [2.24, 2.45) is 0 Å². The van der Waals surface area contributed by atoms with E-state index < -0.39 is 11.6 Å². The second-order valence-electron chi connectivity index (χ2n) is 3.22. The zero-order valence-electron chi connectivity index (χ0n) is 8.56. The highest BCUT2D eigenvalue weighted by atomic mass is 19.1. The van der Waals surface area contributed by atoms with Gasteiger partial charge in [-0.1, -0.05) is 0 Å². The molecule has 0 N–H and O–H groups in total. The van der Waals surface area contributed by atoms with E-state index in [2.05, 4.69) is 4.98 Å². The molecule has 0 aliphatic rings. The van der Waals surface area contributed by atoms with Gasteiger partial charge in [-0.3, -0.25) is 4.79 Å². The molecule has 0 bridgehead atoms. The lowest BCUT2D eigenvalue weighted by Crippen LogP contribution is -1.92. The topological polar surface area (TPSA) is 39.2 Å². The molecule has 1 aromatic carbocycles. The van der Waals surface area contributed by atoms with Crippen molar-refractivity contribution in [1.82, 2.24) is 4.98 Å². The second-order valence-corrected chi connectivity index (χ2v) is 3.22. The molecule has 17 heavy (non-hydrogen) atoms. The number of aldehydes is 1. The number of aromatic nitrogens is 1. The van der Waals surface area contributed by atoms with Crippen molar-refractivity contribution >= 4 is 6.29 Å². The molecule has 5 heteroatoms. The molecule has 1 heterocycles. The standard InChI is InChI=1S/C12H7F2NO2/c13-9-2-3-11(10(14)5-9)17-12-4-1-8(7-16)6-15-12/h1-7H. The zero-order valence-corrected chi connectivity index (χ0v) is 8.56. The number of pyridine rings is 1. The van der Waals surface area contributed by atoms with Crippen LogP contribution in [0.3, 0.4) is 0 Å². The molecule has 2 rings (SSSR count). The van der Waals surface area contributed by atoms with Gasteiger partial charge in [-0.25, -0.2) is 13.8 Å². The van der Waals surface area contributed by atoms with Crippen LogP contribution in [0.1, 0.15) is 10.4 Å². The zero-order chi connectivity index (χ0) is 12.3. The van der Waals surface area contributed by atoms with Crippen LogP contribution in [0.5, 0.6) is 11.6 Å². The number of ether oxygens (including phenoxy) is 1. The average Bonchev–Trinajstić information content (AvgIpc) is 2.34. The number of carbonyl (C=O) groups excluding carboxylic acids is 1. The highest BCUT2D eigenvalue weighted by molar-refractivity contribution is 5.74. The Balaban J connectivity index is 2.22. The Hall–Kier alpha value is -2.30. The maximum Gasteiger partial charge on any atom is 0.219 e. The van der Waals surface area contributed by atoms with Crippen LogP contribution in [0.15, 0.2) is 36.5 Å². The van der Waals surface area contributed by atoms with Gasteiger partial charge in [-0.05, 0) is 18.2 Å². The minimum Gasteiger partial charge on any atom is -0.436 e. The highest BCUT2D eigenvalue weighted by Gasteiger charge is 2.06. The SMILES string of the molecule is O=Cc1ccc(Oc2ccc(F)cc2F)nc1. The molecule has 1 aromatic heterocycles. The molecule has 0 spiro atoms. The molecule has 0 saturated carbocycles. The van der Waals surface area contributed by atoms with E-state index >= 15 is 0 Å². The Kier molecular flexibility index (Phi) is 3.09. The second kappa shape index (κ2) is 4.69. The third kappa shape index (κ3) is 2.63. The summed E-state index contributed by atoms with van der Waals surface area (Å²) in [5.74, 6) is -1.50. The van der Waals surface area contributed by atoms with Crippen molar-refractivity contribution in [2.75, 3.05) is 0 Å². The van der Waals surface area contributed by atoms with E-state index in [4.69, 9.17) is 4.74 Å². The number of carbonyl (C=O) groups is 1. The summed E-state index contributed by atoms with van der Waals surface area (Å²) in [7, 11) is 0. The van der Waals surface area contributed by atoms with Crippen LogP contribution >= 0.6 is 0 Å². The molecule has 0 unspecified atom stereocenters. The van der Waals surface area contributed by atoms with Gasteiger partial charge in [0.25, 0.3) is 0 Å². The lowest BCUT2D eigenvalue weighted by atomic mass is 10.3. The Bertz CT molecular complexity index is 541. The summed E-state index contributed by atoms with van der Waals surface area (Å²) in [5, 5.41) is 0. The highest BCUT2D eigenvalue weighted by Crippen LogP contribution is 2.23. The van der Waals surface area contributed by atoms with E-state index in [9.17, 15) is 13.6 Å². The summed E-state index contributed by atoms with van der Waals surface area (Å²) in [6, 6.07) is 5.87. The van der Waals surface area contributed by atoms with E-state index in [1.54, 1.807) is 0 Å². The third-order valence-corrected chi connectivity index (χ3v) is 2.00. The van der Waals surface area contributed by atoms with Crippen molar-refractivity contribution in [1.29, 1.82) is 0 Å². The fraction of sp³-hybridized carbons (Fsp3) is 0. The van der Waals surface area contributed by atoms with Crippen molar-refractivity contribution in [2.45, 2.75) is 0 Å². The summed E-state index contributed by atoms with van der Waals surface area (Å²) in [4.78, 5) is 14.2. The molecule has 0 radical (unpaired) electrons. The van der Waals surface area contributed by atoms with Crippen LogP contribution in [0.4, 0.5) is 8.78 Å². The van der Waals surface area contributed by atoms with Gasteiger partial charge in [0.05, 0.1) is 0 Å². The van der Waals surface area contributed by atoms with Crippen LogP contribution < -0.4 is 4.74 Å². The molecular formula is C12H7F2NO2. The van der Waals surface area contributed by atoms with Crippen molar-refractivity contribution in [3.8, 4) is 11.6 Å². The molecule has 0 aliphatic carbocycles. The predicted molar refractivity (Wildman–Crippen MR) is 56.1 cm³/mol. The van der Waals surface area contributed by atoms with E-state index in [1.165, 1.54) is 24.4 Å². The Morgan fingerprint density at radius 1 is 1.18 bits per heavy atom. The summed E-state index contributed by atoms with van der Waals surface area (Å²) in [5.41, 5.74) is 0.386. The normalized spacial score (nSPS) is 10.0. The first-order valence-electron chi connectivity index (χ1n) is 4.73. The summed E-state index contributed by atoms with van der Waals surface area (Å²) in [6.07, 6.45) is 1.93. The minimum absolute atomic E-state index is 0.126. The maximum atomic E-state index is 13.2. The fourth-order valence-corrected chi connectivity index (χ4v) is 1.19. The molecule has 3 nitrogen and oxygen atoms in total. The first kappa shape index (κ1) is 11.2. The molecule has 86 valence electrons. The fourth-order valence-electron chi connectivity index (χ4n) is 1.19. The van der Waals surface area contributed by atoms with Crippen molar-refractivity contribution < 1.29 is 18.3 Å². The van der Waals surface area contributed by atoms with Crippen LogP contribution in [-0.4, -0.2) is 11.3 Å². The van der Waals surface area contributed by atoms with Gasteiger partial charge < -0.3 is 4.74 Å². The third-order valence-electron chi connectivity index (χ3n) is 2.00. The molecule has 0 fully saturated rings. The van der Waals surface area contributed by atoms with Crippen molar-refractivity contribution in [3.63, 3.8) is 0 Å². The smallest absolute Gasteiger partial charge is 0.219 e. The van der Waals surface area contributed by atoms with Gasteiger partial charge in [0.15, 0.2) is 17.9 Å². The largest absolute Gasteiger partial charge is 0.436 e. The Morgan fingerprint density at radius 3 is 2.59 bits per heavy atom. The molecule has 0 aliphatic heterocycles. The monoisotopic (exact) mass is 235 g/mol. The van der Waals surface area contributed by atoms with Gasteiger partial charge in [0, 0.05) is 23.9 Å². The van der Waals surface area contributed by atoms with Crippen LogP contribution in [0.2, 0.25) is 0 Å². The van der Waals surface area contributed by atoms with E-state index in [0.717, 1.165) is 12.1 Å². The molecule has 0 atom stereocenters. The number of halogens is 2. The number of benzene rings is 1. The quantitative estimate of drug-likeness (QED) is 0.768. The van der Waals surface area contributed by atoms with E-state index in [1.807, 2.05) is 0 Å². The Morgan fingerprint density at radius 2 is 2.00 bits per heavy atom. The molecular weight excluding hydrogens is 228 g/mol. The number of hydrogen-bond donors (Lipinski definition) is 0. The average molecular weight is 235 g/mol. The van der Waals surface area contributed by atoms with Crippen molar-refractivity contribution in [3.05, 3.63) is 53.7 Å². The first-order valence-corrected chi connectivity index (χ1v) is 4.73. The Labute approximate surface area is 95.7 Å². The summed E-state index contributed by atoms with van der Waals surface area (Å²) in [6.45, 7) is 0. The number of nitrogens with zero attached hydrogens (tertiary/aromatic N) is 1.